The maximum absolute atomic E-state index is 3.61. The molecule has 1 saturated heterocycles. The predicted octanol–water partition coefficient (Wildman–Crippen LogP) is 1.64. The topological polar surface area (TPSA) is 18.5 Å². The quantitative estimate of drug-likeness (QED) is 0.789. The van der Waals surface area contributed by atoms with Crippen molar-refractivity contribution in [2.45, 2.75) is 52.7 Å². The standard InChI is InChI=1S/C14H31N3/c1-7-15-14(11(2)3)10-17-8-12(4)16(6)13(5)9-17/h11-15H,7-10H2,1-6H3. The fourth-order valence-electron chi connectivity index (χ4n) is 2.71. The van der Waals surface area contributed by atoms with E-state index >= 15 is 0 Å². The maximum atomic E-state index is 3.61. The van der Waals surface area contributed by atoms with Crippen molar-refractivity contribution < 1.29 is 0 Å². The van der Waals surface area contributed by atoms with Crippen LogP contribution in [0.15, 0.2) is 0 Å². The van der Waals surface area contributed by atoms with E-state index in [0.29, 0.717) is 24.0 Å². The van der Waals surface area contributed by atoms with Gasteiger partial charge in [0.05, 0.1) is 0 Å². The first-order chi connectivity index (χ1) is 7.95. The van der Waals surface area contributed by atoms with Crippen molar-refractivity contribution in [3.8, 4) is 0 Å². The van der Waals surface area contributed by atoms with Crippen LogP contribution in [0.1, 0.15) is 34.6 Å². The lowest BCUT2D eigenvalue weighted by molar-refractivity contribution is 0.0510. The van der Waals surface area contributed by atoms with Gasteiger partial charge in [0.2, 0.25) is 0 Å². The number of hydrogen-bond donors (Lipinski definition) is 1. The van der Waals surface area contributed by atoms with E-state index in [4.69, 9.17) is 0 Å². The van der Waals surface area contributed by atoms with Crippen LogP contribution in [0.4, 0.5) is 0 Å². The van der Waals surface area contributed by atoms with Crippen LogP contribution in [0.5, 0.6) is 0 Å². The molecule has 1 aliphatic rings. The van der Waals surface area contributed by atoms with Gasteiger partial charge in [-0.3, -0.25) is 9.80 Å². The van der Waals surface area contributed by atoms with Gasteiger partial charge in [-0.25, -0.2) is 0 Å². The highest BCUT2D eigenvalue weighted by molar-refractivity contribution is 4.85. The number of hydrogen-bond acceptors (Lipinski definition) is 3. The number of rotatable bonds is 5. The minimum Gasteiger partial charge on any atom is -0.313 e. The van der Waals surface area contributed by atoms with E-state index in [-0.39, 0.29) is 0 Å². The Bertz CT molecular complexity index is 206. The Morgan fingerprint density at radius 3 is 2.12 bits per heavy atom. The van der Waals surface area contributed by atoms with Gasteiger partial charge in [-0.1, -0.05) is 20.8 Å². The van der Waals surface area contributed by atoms with Crippen LogP contribution in [0.3, 0.4) is 0 Å². The van der Waals surface area contributed by atoms with Crippen molar-refractivity contribution in [1.29, 1.82) is 0 Å². The van der Waals surface area contributed by atoms with Crippen LogP contribution in [0.2, 0.25) is 0 Å². The number of likely N-dealkylation sites (N-methyl/N-ethyl adjacent to an activating group) is 2. The average Bonchev–Trinajstić information content (AvgIpc) is 2.25. The molecule has 3 unspecified atom stereocenters. The molecule has 3 heteroatoms. The fourth-order valence-corrected chi connectivity index (χ4v) is 2.71. The number of nitrogens with zero attached hydrogens (tertiary/aromatic N) is 2. The molecule has 1 rings (SSSR count). The summed E-state index contributed by atoms with van der Waals surface area (Å²) in [6.07, 6.45) is 0. The first-order valence-corrected chi connectivity index (χ1v) is 7.13. The van der Waals surface area contributed by atoms with Gasteiger partial charge in [0.15, 0.2) is 0 Å². The molecule has 1 aliphatic heterocycles. The molecule has 0 bridgehead atoms. The Balaban J connectivity index is 2.50. The fraction of sp³-hybridized carbons (Fsp3) is 1.00. The smallest absolute Gasteiger partial charge is 0.0217 e. The summed E-state index contributed by atoms with van der Waals surface area (Å²) < 4.78 is 0. The molecule has 0 saturated carbocycles. The summed E-state index contributed by atoms with van der Waals surface area (Å²) in [5.41, 5.74) is 0. The van der Waals surface area contributed by atoms with E-state index in [2.05, 4.69) is 56.8 Å². The van der Waals surface area contributed by atoms with E-state index in [9.17, 15) is 0 Å². The zero-order valence-corrected chi connectivity index (χ0v) is 12.5. The molecule has 17 heavy (non-hydrogen) atoms. The lowest BCUT2D eigenvalue weighted by atomic mass is 10.0. The minimum atomic E-state index is 0.628. The predicted molar refractivity (Wildman–Crippen MR) is 75.4 cm³/mol. The molecular formula is C14H31N3. The summed E-state index contributed by atoms with van der Waals surface area (Å²) in [5, 5.41) is 3.61. The molecule has 0 spiro atoms. The zero-order valence-electron chi connectivity index (χ0n) is 12.5. The zero-order chi connectivity index (χ0) is 13.0. The molecule has 0 aromatic rings. The van der Waals surface area contributed by atoms with Gasteiger partial charge in [0.25, 0.3) is 0 Å². The third-order valence-corrected chi connectivity index (χ3v) is 4.16. The average molecular weight is 241 g/mol. The van der Waals surface area contributed by atoms with Crippen molar-refractivity contribution >= 4 is 0 Å². The Morgan fingerprint density at radius 2 is 1.71 bits per heavy atom. The molecule has 0 radical (unpaired) electrons. The van der Waals surface area contributed by atoms with Crippen LogP contribution < -0.4 is 5.32 Å². The van der Waals surface area contributed by atoms with Gasteiger partial charge in [0, 0.05) is 37.8 Å². The third kappa shape index (κ3) is 4.23. The van der Waals surface area contributed by atoms with E-state index in [1.807, 2.05) is 0 Å². The van der Waals surface area contributed by atoms with E-state index in [0.717, 1.165) is 6.54 Å². The van der Waals surface area contributed by atoms with Crippen LogP contribution in [-0.2, 0) is 0 Å². The molecule has 3 atom stereocenters. The Labute approximate surface area is 108 Å². The molecular weight excluding hydrogens is 210 g/mol. The monoisotopic (exact) mass is 241 g/mol. The third-order valence-electron chi connectivity index (χ3n) is 4.16. The van der Waals surface area contributed by atoms with Gasteiger partial charge < -0.3 is 5.32 Å². The highest BCUT2D eigenvalue weighted by Crippen LogP contribution is 2.15. The van der Waals surface area contributed by atoms with Gasteiger partial charge in [-0.2, -0.15) is 0 Å². The summed E-state index contributed by atoms with van der Waals surface area (Å²) in [5.74, 6) is 0.709. The maximum Gasteiger partial charge on any atom is 0.0217 e. The Kier molecular flexibility index (Phi) is 5.90. The van der Waals surface area contributed by atoms with Crippen LogP contribution in [0, 0.1) is 5.92 Å². The first kappa shape index (κ1) is 14.9. The van der Waals surface area contributed by atoms with Crippen LogP contribution in [-0.4, -0.2) is 61.2 Å². The van der Waals surface area contributed by atoms with Crippen LogP contribution in [0.25, 0.3) is 0 Å². The van der Waals surface area contributed by atoms with Crippen molar-refractivity contribution in [2.75, 3.05) is 33.2 Å². The summed E-state index contributed by atoms with van der Waals surface area (Å²) in [6, 6.07) is 1.98. The first-order valence-electron chi connectivity index (χ1n) is 7.13. The van der Waals surface area contributed by atoms with Crippen molar-refractivity contribution in [1.82, 2.24) is 15.1 Å². The van der Waals surface area contributed by atoms with Gasteiger partial charge in [0.1, 0.15) is 0 Å². The highest BCUT2D eigenvalue weighted by Gasteiger charge is 2.28. The molecule has 1 fully saturated rings. The second-order valence-electron chi connectivity index (χ2n) is 5.99. The lowest BCUT2D eigenvalue weighted by Crippen LogP contribution is -2.57. The van der Waals surface area contributed by atoms with Crippen molar-refractivity contribution in [3.63, 3.8) is 0 Å². The summed E-state index contributed by atoms with van der Waals surface area (Å²) in [7, 11) is 2.25. The molecule has 1 N–H and O–H groups in total. The van der Waals surface area contributed by atoms with Gasteiger partial charge in [-0.15, -0.1) is 0 Å². The van der Waals surface area contributed by atoms with Crippen molar-refractivity contribution in [3.05, 3.63) is 0 Å². The Hall–Kier alpha value is -0.120. The summed E-state index contributed by atoms with van der Waals surface area (Å²) in [4.78, 5) is 5.12. The summed E-state index contributed by atoms with van der Waals surface area (Å²) in [6.45, 7) is 16.2. The largest absolute Gasteiger partial charge is 0.313 e. The SMILES string of the molecule is CCNC(CN1CC(C)N(C)C(C)C1)C(C)C. The highest BCUT2D eigenvalue weighted by atomic mass is 15.3. The Morgan fingerprint density at radius 1 is 1.18 bits per heavy atom. The second-order valence-corrected chi connectivity index (χ2v) is 5.99. The van der Waals surface area contributed by atoms with Crippen LogP contribution >= 0.6 is 0 Å². The molecule has 3 nitrogen and oxygen atoms in total. The van der Waals surface area contributed by atoms with Gasteiger partial charge in [-0.05, 0) is 33.4 Å². The summed E-state index contributed by atoms with van der Waals surface area (Å²) >= 11 is 0. The lowest BCUT2D eigenvalue weighted by Gasteiger charge is -2.44. The van der Waals surface area contributed by atoms with E-state index < -0.39 is 0 Å². The minimum absolute atomic E-state index is 0.628. The van der Waals surface area contributed by atoms with Crippen molar-refractivity contribution in [2.24, 2.45) is 5.92 Å². The number of nitrogens with one attached hydrogen (secondary N) is 1. The van der Waals surface area contributed by atoms with E-state index in [1.165, 1.54) is 19.6 Å². The van der Waals surface area contributed by atoms with Gasteiger partial charge >= 0.3 is 0 Å². The second kappa shape index (κ2) is 6.72. The number of piperazine rings is 1. The molecule has 0 aromatic carbocycles. The molecule has 0 amide bonds. The molecule has 102 valence electrons. The van der Waals surface area contributed by atoms with E-state index in [1.54, 1.807) is 0 Å². The molecule has 1 heterocycles. The molecule has 0 aromatic heterocycles. The normalized spacial score (nSPS) is 29.8. The molecule has 0 aliphatic carbocycles.